The van der Waals surface area contributed by atoms with Crippen molar-refractivity contribution in [3.8, 4) is 11.4 Å². The van der Waals surface area contributed by atoms with Crippen LogP contribution in [0.3, 0.4) is 0 Å². The summed E-state index contributed by atoms with van der Waals surface area (Å²) < 4.78 is 29.6. The molecule has 1 saturated heterocycles. The number of nitrogen functional groups attached to an aromatic ring is 1. The molecule has 12 heteroatoms. The van der Waals surface area contributed by atoms with E-state index in [9.17, 15) is 8.78 Å². The molecule has 10 nitrogen and oxygen atoms in total. The number of anilines is 1. The summed E-state index contributed by atoms with van der Waals surface area (Å²) in [5.74, 6) is 16.1. The van der Waals surface area contributed by atoms with Crippen molar-refractivity contribution in [1.29, 1.82) is 0 Å². The van der Waals surface area contributed by atoms with Crippen LogP contribution in [0.4, 0.5) is 14.6 Å². The molecule has 0 amide bonds. The van der Waals surface area contributed by atoms with Gasteiger partial charge in [-0.3, -0.25) is 10.7 Å². The molecule has 3 aromatic heterocycles. The Bertz CT molecular complexity index is 1130. The third kappa shape index (κ3) is 3.10. The van der Waals surface area contributed by atoms with Crippen LogP contribution >= 0.6 is 0 Å². The van der Waals surface area contributed by atoms with Crippen LogP contribution in [0.25, 0.3) is 22.4 Å². The van der Waals surface area contributed by atoms with Crippen LogP contribution in [0, 0.1) is 11.6 Å². The molecular formula is C19H23F2N9O. The topological polar surface area (TPSA) is 137 Å². The summed E-state index contributed by atoms with van der Waals surface area (Å²) in [5, 5.41) is 6.36. The quantitative estimate of drug-likeness (QED) is 0.402. The summed E-state index contributed by atoms with van der Waals surface area (Å²) in [5.41, 5.74) is -0.112. The van der Waals surface area contributed by atoms with Gasteiger partial charge < -0.3 is 10.7 Å². The summed E-state index contributed by atoms with van der Waals surface area (Å²) in [7, 11) is 0. The van der Waals surface area contributed by atoms with Crippen LogP contribution in [0.5, 0.6) is 0 Å². The van der Waals surface area contributed by atoms with Gasteiger partial charge in [-0.25, -0.2) is 29.7 Å². The van der Waals surface area contributed by atoms with Gasteiger partial charge in [-0.1, -0.05) is 0 Å². The molecule has 6 N–H and O–H groups in total. The fraction of sp³-hybridized carbons (Fsp3) is 0.421. The maximum atomic E-state index is 14.8. The normalized spacial score (nSPS) is 21.4. The van der Waals surface area contributed by atoms with Crippen molar-refractivity contribution in [3.05, 3.63) is 36.0 Å². The van der Waals surface area contributed by atoms with Crippen LogP contribution in [-0.4, -0.2) is 56.1 Å². The van der Waals surface area contributed by atoms with E-state index in [0.717, 1.165) is 30.1 Å². The van der Waals surface area contributed by atoms with E-state index in [1.807, 2.05) is 0 Å². The molecule has 3 aromatic rings. The summed E-state index contributed by atoms with van der Waals surface area (Å²) in [6.45, 7) is 1.21. The predicted molar refractivity (Wildman–Crippen MR) is 110 cm³/mol. The molecule has 0 radical (unpaired) electrons. The molecule has 0 aromatic carbocycles. The molecule has 0 spiro atoms. The lowest BCUT2D eigenvalue weighted by Gasteiger charge is -2.52. The summed E-state index contributed by atoms with van der Waals surface area (Å²) in [4.78, 5) is 16.6. The standard InChI is InChI=1S/C19H23F2N9O/c20-12-9-13(21)18(26-16(12)15-11-3-1-6-25-17(11)30(23)27-15)28-7-8-29(22)14(10-28)19(31-24)4-2-5-19/h1,3,6,9,14H,2,4-5,7-8,10,22-24H2. The minimum Gasteiger partial charge on any atom is -0.351 e. The molecule has 1 unspecified atom stereocenters. The molecule has 5 rings (SSSR count). The minimum atomic E-state index is -0.833. The van der Waals surface area contributed by atoms with Crippen LogP contribution in [-0.2, 0) is 4.84 Å². The summed E-state index contributed by atoms with van der Waals surface area (Å²) in [6.07, 6.45) is 4.08. The Morgan fingerprint density at radius 1 is 1.13 bits per heavy atom. The molecule has 1 aliphatic carbocycles. The fourth-order valence-electron chi connectivity index (χ4n) is 4.51. The molecule has 2 aliphatic rings. The lowest BCUT2D eigenvalue weighted by Crippen LogP contribution is -2.68. The molecular weight excluding hydrogens is 408 g/mol. The van der Waals surface area contributed by atoms with Crippen LogP contribution < -0.4 is 22.5 Å². The molecule has 164 valence electrons. The van der Waals surface area contributed by atoms with E-state index in [-0.39, 0.29) is 23.2 Å². The highest BCUT2D eigenvalue weighted by molar-refractivity contribution is 5.90. The van der Waals surface area contributed by atoms with Crippen molar-refractivity contribution in [2.45, 2.75) is 30.9 Å². The Hall–Kier alpha value is -2.93. The summed E-state index contributed by atoms with van der Waals surface area (Å²) >= 11 is 0. The molecule has 4 heterocycles. The van der Waals surface area contributed by atoms with Gasteiger partial charge in [0.2, 0.25) is 0 Å². The first-order valence-electron chi connectivity index (χ1n) is 10.0. The largest absolute Gasteiger partial charge is 0.351 e. The van der Waals surface area contributed by atoms with Crippen molar-refractivity contribution in [2.24, 2.45) is 11.7 Å². The lowest BCUT2D eigenvalue weighted by molar-refractivity contribution is -0.154. The van der Waals surface area contributed by atoms with Crippen LogP contribution in [0.15, 0.2) is 24.4 Å². The smallest absolute Gasteiger partial charge is 0.181 e. The third-order valence-corrected chi connectivity index (χ3v) is 6.37. The second-order valence-electron chi connectivity index (χ2n) is 8.03. The first-order chi connectivity index (χ1) is 14.9. The van der Waals surface area contributed by atoms with E-state index in [2.05, 4.69) is 15.1 Å². The number of hydrogen-bond donors (Lipinski definition) is 3. The van der Waals surface area contributed by atoms with Gasteiger partial charge in [0.25, 0.3) is 0 Å². The van der Waals surface area contributed by atoms with Gasteiger partial charge in [0, 0.05) is 31.9 Å². The number of hydrogen-bond acceptors (Lipinski definition) is 9. The number of fused-ring (bicyclic) bond motifs is 1. The average molecular weight is 431 g/mol. The fourth-order valence-corrected chi connectivity index (χ4v) is 4.51. The molecule has 1 atom stereocenters. The minimum absolute atomic E-state index is 0.0182. The van der Waals surface area contributed by atoms with Crippen LogP contribution in [0.1, 0.15) is 19.3 Å². The maximum absolute atomic E-state index is 14.8. The Balaban J connectivity index is 1.54. The lowest BCUT2D eigenvalue weighted by atomic mass is 9.73. The first kappa shape index (κ1) is 20.0. The van der Waals surface area contributed by atoms with E-state index in [0.29, 0.717) is 30.7 Å². The van der Waals surface area contributed by atoms with Gasteiger partial charge in [-0.2, -0.15) is 4.79 Å². The van der Waals surface area contributed by atoms with Gasteiger partial charge in [0.05, 0.1) is 11.4 Å². The zero-order valence-corrected chi connectivity index (χ0v) is 16.7. The Morgan fingerprint density at radius 2 is 1.94 bits per heavy atom. The first-order valence-corrected chi connectivity index (χ1v) is 10.0. The molecule has 2 fully saturated rings. The molecule has 1 saturated carbocycles. The van der Waals surface area contributed by atoms with Crippen molar-refractivity contribution in [1.82, 2.24) is 24.9 Å². The maximum Gasteiger partial charge on any atom is 0.181 e. The number of aromatic nitrogens is 4. The predicted octanol–water partition coefficient (Wildman–Crippen LogP) is 0.663. The van der Waals surface area contributed by atoms with Crippen molar-refractivity contribution < 1.29 is 13.6 Å². The Kier molecular flexibility index (Phi) is 4.73. The number of piperazine rings is 1. The monoisotopic (exact) mass is 431 g/mol. The zero-order valence-electron chi connectivity index (χ0n) is 16.7. The zero-order chi connectivity index (χ0) is 21.8. The highest BCUT2D eigenvalue weighted by atomic mass is 19.1. The number of hydrazine groups is 1. The number of halogens is 2. The van der Waals surface area contributed by atoms with Crippen LogP contribution in [0.2, 0.25) is 0 Å². The second-order valence-corrected chi connectivity index (χ2v) is 8.03. The summed E-state index contributed by atoms with van der Waals surface area (Å²) in [6, 6.07) is 3.96. The highest BCUT2D eigenvalue weighted by Gasteiger charge is 2.49. The van der Waals surface area contributed by atoms with Crippen molar-refractivity contribution >= 4 is 16.9 Å². The van der Waals surface area contributed by atoms with Crippen molar-refractivity contribution in [3.63, 3.8) is 0 Å². The Morgan fingerprint density at radius 3 is 2.65 bits per heavy atom. The van der Waals surface area contributed by atoms with E-state index in [4.69, 9.17) is 22.4 Å². The van der Waals surface area contributed by atoms with E-state index >= 15 is 0 Å². The number of nitrogens with two attached hydrogens (primary N) is 3. The van der Waals surface area contributed by atoms with Gasteiger partial charge in [0.15, 0.2) is 23.1 Å². The Labute approximate surface area is 176 Å². The highest BCUT2D eigenvalue weighted by Crippen LogP contribution is 2.41. The van der Waals surface area contributed by atoms with Gasteiger partial charge in [-0.05, 0) is 31.4 Å². The second kappa shape index (κ2) is 7.34. The average Bonchev–Trinajstić information content (AvgIpc) is 3.06. The number of nitrogens with zero attached hydrogens (tertiary/aromatic N) is 6. The van der Waals surface area contributed by atoms with E-state index < -0.39 is 17.2 Å². The molecule has 31 heavy (non-hydrogen) atoms. The SMILES string of the molecule is NOC1(C2CN(c3nc(-c4nn(N)c5ncccc45)c(F)cc3F)CCN2N)CCC1. The molecule has 1 aliphatic heterocycles. The third-order valence-electron chi connectivity index (χ3n) is 6.37. The van der Waals surface area contributed by atoms with Gasteiger partial charge in [0.1, 0.15) is 17.0 Å². The van der Waals surface area contributed by atoms with E-state index in [1.54, 1.807) is 28.2 Å². The van der Waals surface area contributed by atoms with Gasteiger partial charge >= 0.3 is 0 Å². The molecule has 0 bridgehead atoms. The number of rotatable bonds is 4. The van der Waals surface area contributed by atoms with E-state index in [1.165, 1.54) is 0 Å². The van der Waals surface area contributed by atoms with Gasteiger partial charge in [-0.15, -0.1) is 5.10 Å². The van der Waals surface area contributed by atoms with Crippen molar-refractivity contribution in [2.75, 3.05) is 30.4 Å². The number of pyridine rings is 2.